The molecule has 0 N–H and O–H groups in total. The summed E-state index contributed by atoms with van der Waals surface area (Å²) in [5, 5.41) is 0.727. The van der Waals surface area contributed by atoms with Crippen molar-refractivity contribution in [1.82, 2.24) is 9.97 Å². The number of hydrogen-bond acceptors (Lipinski definition) is 4. The van der Waals surface area contributed by atoms with Crippen molar-refractivity contribution in [3.63, 3.8) is 0 Å². The van der Waals surface area contributed by atoms with Crippen LogP contribution in [0.2, 0.25) is 0 Å². The van der Waals surface area contributed by atoms with Gasteiger partial charge in [0.25, 0.3) is 0 Å². The second kappa shape index (κ2) is 4.06. The SMILES string of the molecule is CSc1nc(C)c2c(n1)CC(=O)C(Br)=C2. The largest absolute Gasteiger partial charge is 0.293 e. The van der Waals surface area contributed by atoms with Crippen LogP contribution in [-0.2, 0) is 11.2 Å². The van der Waals surface area contributed by atoms with E-state index in [2.05, 4.69) is 25.9 Å². The van der Waals surface area contributed by atoms with Crippen molar-refractivity contribution in [3.05, 3.63) is 21.4 Å². The molecule has 15 heavy (non-hydrogen) atoms. The number of carbonyl (C=O) groups excluding carboxylic acids is 1. The number of carbonyl (C=O) groups is 1. The van der Waals surface area contributed by atoms with Gasteiger partial charge in [0, 0.05) is 11.3 Å². The third kappa shape index (κ3) is 1.99. The summed E-state index contributed by atoms with van der Waals surface area (Å²) in [4.78, 5) is 20.2. The summed E-state index contributed by atoms with van der Waals surface area (Å²) in [6.45, 7) is 1.94. The van der Waals surface area contributed by atoms with Crippen molar-refractivity contribution in [2.24, 2.45) is 0 Å². The molecule has 1 aromatic rings. The molecular formula is C10H9BrN2OS. The van der Waals surface area contributed by atoms with Crippen LogP contribution in [0.5, 0.6) is 0 Å². The fourth-order valence-corrected chi connectivity index (χ4v) is 2.27. The van der Waals surface area contributed by atoms with Gasteiger partial charge in [-0.25, -0.2) is 9.97 Å². The smallest absolute Gasteiger partial charge is 0.187 e. The third-order valence-electron chi connectivity index (χ3n) is 2.24. The molecular weight excluding hydrogens is 276 g/mol. The first kappa shape index (κ1) is 10.8. The van der Waals surface area contributed by atoms with Crippen LogP contribution in [-0.4, -0.2) is 22.0 Å². The Morgan fingerprint density at radius 2 is 2.20 bits per heavy atom. The number of rotatable bonds is 1. The molecule has 1 aliphatic carbocycles. The van der Waals surface area contributed by atoms with Gasteiger partial charge in [-0.2, -0.15) is 0 Å². The van der Waals surface area contributed by atoms with Crippen molar-refractivity contribution >= 4 is 39.6 Å². The Bertz CT molecular complexity index is 471. The van der Waals surface area contributed by atoms with Crippen molar-refractivity contribution < 1.29 is 4.79 Å². The number of nitrogens with zero attached hydrogens (tertiary/aromatic N) is 2. The zero-order valence-electron chi connectivity index (χ0n) is 8.37. The molecule has 5 heteroatoms. The van der Waals surface area contributed by atoms with Gasteiger partial charge in [0.1, 0.15) is 0 Å². The van der Waals surface area contributed by atoms with Crippen LogP contribution >= 0.6 is 27.7 Å². The molecule has 0 unspecified atom stereocenters. The van der Waals surface area contributed by atoms with Crippen LogP contribution in [0.25, 0.3) is 6.08 Å². The molecule has 1 aliphatic rings. The highest BCUT2D eigenvalue weighted by molar-refractivity contribution is 9.12. The van der Waals surface area contributed by atoms with Crippen LogP contribution in [0.4, 0.5) is 0 Å². The second-order valence-corrected chi connectivity index (χ2v) is 4.88. The standard InChI is InChI=1S/C10H9BrN2OS/c1-5-6-3-7(11)9(14)4-8(6)13-10(12-5)15-2/h3H,4H2,1-2H3. The van der Waals surface area contributed by atoms with Gasteiger partial charge in [-0.05, 0) is 35.2 Å². The third-order valence-corrected chi connectivity index (χ3v) is 3.46. The van der Waals surface area contributed by atoms with Crippen LogP contribution in [0.3, 0.4) is 0 Å². The first-order valence-corrected chi connectivity index (χ1v) is 6.45. The molecule has 2 rings (SSSR count). The number of fused-ring (bicyclic) bond motifs is 1. The van der Waals surface area contributed by atoms with E-state index in [9.17, 15) is 4.79 Å². The first-order chi connectivity index (χ1) is 7.11. The van der Waals surface area contributed by atoms with Crippen LogP contribution in [0.1, 0.15) is 17.0 Å². The van der Waals surface area contributed by atoms with Gasteiger partial charge in [-0.3, -0.25) is 4.79 Å². The summed E-state index contributed by atoms with van der Waals surface area (Å²) >= 11 is 4.74. The molecule has 1 aromatic heterocycles. The second-order valence-electron chi connectivity index (χ2n) is 3.25. The summed E-state index contributed by atoms with van der Waals surface area (Å²) in [7, 11) is 0. The molecule has 0 saturated heterocycles. The van der Waals surface area contributed by atoms with E-state index in [-0.39, 0.29) is 5.78 Å². The quantitative estimate of drug-likeness (QED) is 0.587. The predicted molar refractivity (Wildman–Crippen MR) is 64.2 cm³/mol. The normalized spacial score (nSPS) is 14.9. The number of aromatic nitrogens is 2. The lowest BCUT2D eigenvalue weighted by atomic mass is 10.0. The van der Waals surface area contributed by atoms with E-state index >= 15 is 0 Å². The minimum atomic E-state index is 0.0765. The van der Waals surface area contributed by atoms with Crippen LogP contribution < -0.4 is 0 Å². The van der Waals surface area contributed by atoms with E-state index in [1.807, 2.05) is 13.2 Å². The van der Waals surface area contributed by atoms with E-state index in [0.29, 0.717) is 10.9 Å². The Labute approximate surface area is 101 Å². The molecule has 0 atom stereocenters. The Hall–Kier alpha value is -0.680. The predicted octanol–water partition coefficient (Wildman–Crippen LogP) is 2.37. The van der Waals surface area contributed by atoms with Crippen LogP contribution in [0, 0.1) is 6.92 Å². The van der Waals surface area contributed by atoms with E-state index in [1.54, 1.807) is 6.08 Å². The Balaban J connectivity index is 2.59. The number of hydrogen-bond donors (Lipinski definition) is 0. The summed E-state index contributed by atoms with van der Waals surface area (Å²) in [5.74, 6) is 0.0765. The maximum absolute atomic E-state index is 11.5. The maximum Gasteiger partial charge on any atom is 0.187 e. The Morgan fingerprint density at radius 3 is 2.87 bits per heavy atom. The van der Waals surface area contributed by atoms with Gasteiger partial charge >= 0.3 is 0 Å². The summed E-state index contributed by atoms with van der Waals surface area (Å²) in [6.07, 6.45) is 4.10. The lowest BCUT2D eigenvalue weighted by Gasteiger charge is -2.13. The Kier molecular flexibility index (Phi) is 2.93. The molecule has 0 radical (unpaired) electrons. The van der Waals surface area contributed by atoms with Gasteiger partial charge in [0.2, 0.25) is 0 Å². The fourth-order valence-electron chi connectivity index (χ4n) is 1.47. The van der Waals surface area contributed by atoms with E-state index in [0.717, 1.165) is 22.1 Å². The lowest BCUT2D eigenvalue weighted by molar-refractivity contribution is -0.114. The average Bonchev–Trinajstić information content (AvgIpc) is 2.21. The number of aryl methyl sites for hydroxylation is 1. The topological polar surface area (TPSA) is 42.9 Å². The van der Waals surface area contributed by atoms with E-state index < -0.39 is 0 Å². The Morgan fingerprint density at radius 1 is 1.47 bits per heavy atom. The van der Waals surface area contributed by atoms with Gasteiger partial charge in [-0.1, -0.05) is 11.8 Å². The minimum absolute atomic E-state index is 0.0765. The molecule has 0 fully saturated rings. The van der Waals surface area contributed by atoms with Gasteiger partial charge in [0.15, 0.2) is 10.9 Å². The zero-order chi connectivity index (χ0) is 11.0. The average molecular weight is 285 g/mol. The molecule has 0 bridgehead atoms. The van der Waals surface area contributed by atoms with Crippen molar-refractivity contribution in [2.45, 2.75) is 18.5 Å². The monoisotopic (exact) mass is 284 g/mol. The van der Waals surface area contributed by atoms with Crippen molar-refractivity contribution in [3.8, 4) is 0 Å². The number of thioether (sulfide) groups is 1. The van der Waals surface area contributed by atoms with Crippen molar-refractivity contribution in [1.29, 1.82) is 0 Å². The molecule has 0 aliphatic heterocycles. The summed E-state index contributed by atoms with van der Waals surface area (Å²) in [6, 6.07) is 0. The fraction of sp³-hybridized carbons (Fsp3) is 0.300. The minimum Gasteiger partial charge on any atom is -0.293 e. The lowest BCUT2D eigenvalue weighted by Crippen LogP contribution is -2.13. The summed E-state index contributed by atoms with van der Waals surface area (Å²) < 4.78 is 0.610. The highest BCUT2D eigenvalue weighted by atomic mass is 79.9. The highest BCUT2D eigenvalue weighted by Gasteiger charge is 2.20. The highest BCUT2D eigenvalue weighted by Crippen LogP contribution is 2.26. The molecule has 0 aromatic carbocycles. The van der Waals surface area contributed by atoms with E-state index in [1.165, 1.54) is 11.8 Å². The molecule has 0 saturated carbocycles. The number of halogens is 1. The van der Waals surface area contributed by atoms with Gasteiger partial charge < -0.3 is 0 Å². The molecule has 1 heterocycles. The number of allylic oxidation sites excluding steroid dienone is 1. The number of ketones is 1. The molecule has 78 valence electrons. The first-order valence-electron chi connectivity index (χ1n) is 4.43. The summed E-state index contributed by atoms with van der Waals surface area (Å²) in [5.41, 5.74) is 2.73. The number of Topliss-reactive ketones (excluding diaryl/α,β-unsaturated/α-hetero) is 1. The van der Waals surface area contributed by atoms with Gasteiger partial charge in [-0.15, -0.1) is 0 Å². The maximum atomic E-state index is 11.5. The van der Waals surface area contributed by atoms with Crippen LogP contribution in [0.15, 0.2) is 9.64 Å². The van der Waals surface area contributed by atoms with Gasteiger partial charge in [0.05, 0.1) is 16.6 Å². The van der Waals surface area contributed by atoms with Crippen molar-refractivity contribution in [2.75, 3.05) is 6.26 Å². The molecule has 0 amide bonds. The molecule has 0 spiro atoms. The van der Waals surface area contributed by atoms with E-state index in [4.69, 9.17) is 0 Å². The molecule has 3 nitrogen and oxygen atoms in total. The zero-order valence-corrected chi connectivity index (χ0v) is 10.8.